The summed E-state index contributed by atoms with van der Waals surface area (Å²) in [5.41, 5.74) is 6.60. The van der Waals surface area contributed by atoms with Crippen LogP contribution in [-0.2, 0) is 6.18 Å². The maximum atomic E-state index is 13.1. The van der Waals surface area contributed by atoms with Gasteiger partial charge >= 0.3 is 6.18 Å². The number of hydrogen-bond acceptors (Lipinski definition) is 7. The minimum absolute atomic E-state index is 0.0615. The van der Waals surface area contributed by atoms with Crippen LogP contribution in [0.15, 0.2) is 48.6 Å². The molecule has 4 heterocycles. The number of piperazine rings is 1. The molecule has 1 aliphatic heterocycles. The molecule has 3 atom stereocenters. The molecule has 0 amide bonds. The third-order valence-electron chi connectivity index (χ3n) is 5.60. The first-order chi connectivity index (χ1) is 15.2. The molecule has 4 N–H and O–H groups in total. The molecule has 3 unspecified atom stereocenters. The average Bonchev–Trinajstić information content (AvgIpc) is 3.19. The number of imidazole rings is 1. The Morgan fingerprint density at radius 2 is 2.03 bits per heavy atom. The van der Waals surface area contributed by atoms with Crippen molar-refractivity contribution in [2.24, 2.45) is 5.73 Å². The Hall–Kier alpha value is -3.47. The Morgan fingerprint density at radius 3 is 2.72 bits per heavy atom. The number of nitrogens with zero attached hydrogens (tertiary/aromatic N) is 5. The van der Waals surface area contributed by atoms with Gasteiger partial charge < -0.3 is 21.4 Å². The lowest BCUT2D eigenvalue weighted by Gasteiger charge is -2.44. The number of hydrogen-bond donors (Lipinski definition) is 3. The Kier molecular flexibility index (Phi) is 5.59. The van der Waals surface area contributed by atoms with Gasteiger partial charge in [-0.3, -0.25) is 4.40 Å². The molecule has 0 radical (unpaired) electrons. The summed E-state index contributed by atoms with van der Waals surface area (Å²) in [5, 5.41) is 11.1. The lowest BCUT2D eigenvalue weighted by molar-refractivity contribution is -0.141. The molecule has 0 spiro atoms. The molecule has 8 nitrogen and oxygen atoms in total. The number of rotatable bonds is 4. The van der Waals surface area contributed by atoms with Crippen molar-refractivity contribution in [2.75, 3.05) is 11.4 Å². The van der Waals surface area contributed by atoms with E-state index in [9.17, 15) is 13.2 Å². The molecule has 3 aromatic rings. The van der Waals surface area contributed by atoms with Crippen LogP contribution >= 0.6 is 0 Å². The molecule has 0 saturated carbocycles. The van der Waals surface area contributed by atoms with Gasteiger partial charge in [0.15, 0.2) is 11.3 Å². The van der Waals surface area contributed by atoms with E-state index in [1.54, 1.807) is 6.07 Å². The van der Waals surface area contributed by atoms with Crippen LogP contribution in [0.4, 0.5) is 19.0 Å². The second-order valence-corrected chi connectivity index (χ2v) is 7.77. The molecule has 0 bridgehead atoms. The number of aromatic nitrogens is 4. The number of halogens is 3. The van der Waals surface area contributed by atoms with Crippen LogP contribution in [0.25, 0.3) is 17.0 Å². The molecular weight excluding hydrogens is 421 g/mol. The highest BCUT2D eigenvalue weighted by Gasteiger charge is 2.34. The molecule has 4 rings (SSSR count). The summed E-state index contributed by atoms with van der Waals surface area (Å²) >= 11 is 0. The van der Waals surface area contributed by atoms with Gasteiger partial charge in [0, 0.05) is 42.8 Å². The number of fused-ring (bicyclic) bond motifs is 1. The summed E-state index contributed by atoms with van der Waals surface area (Å²) in [6.07, 6.45) is 1.61. The first-order valence-corrected chi connectivity index (χ1v) is 10.1. The molecule has 1 aliphatic rings. The topological polar surface area (TPSA) is 108 Å². The highest BCUT2D eigenvalue weighted by atomic mass is 19.4. The van der Waals surface area contributed by atoms with Gasteiger partial charge in [-0.25, -0.2) is 15.0 Å². The highest BCUT2D eigenvalue weighted by Crippen LogP contribution is 2.30. The number of nitrogens with two attached hydrogens (primary N) is 1. The quantitative estimate of drug-likeness (QED) is 0.534. The van der Waals surface area contributed by atoms with Crippen molar-refractivity contribution < 1.29 is 13.2 Å². The zero-order valence-electron chi connectivity index (χ0n) is 17.5. The van der Waals surface area contributed by atoms with Crippen LogP contribution in [0.1, 0.15) is 19.5 Å². The van der Waals surface area contributed by atoms with Gasteiger partial charge in [-0.15, -0.1) is 0 Å². The van der Waals surface area contributed by atoms with Gasteiger partial charge in [-0.05, 0) is 26.0 Å². The van der Waals surface area contributed by atoms with E-state index in [0.29, 0.717) is 35.0 Å². The van der Waals surface area contributed by atoms with E-state index in [4.69, 9.17) is 16.1 Å². The second kappa shape index (κ2) is 8.23. The standard InChI is InChI=1S/C21H23F3N8/c1-12-10-31(13(2)20(29-12)14(6-25)7-26)18-5-3-4-15(30-18)16-8-28-19-9-27-17(11-32(16)19)21(22,23)24/h3-9,11-13,20,25,29H,10,26H2,1-2H3/b14-7+,25-6?. The third kappa shape index (κ3) is 3.91. The summed E-state index contributed by atoms with van der Waals surface area (Å²) in [7, 11) is 0. The van der Waals surface area contributed by atoms with Crippen LogP contribution in [0.3, 0.4) is 0 Å². The first kappa shape index (κ1) is 21.8. The van der Waals surface area contributed by atoms with Crippen molar-refractivity contribution in [3.63, 3.8) is 0 Å². The van der Waals surface area contributed by atoms with Crippen molar-refractivity contribution in [1.82, 2.24) is 24.7 Å². The zero-order chi connectivity index (χ0) is 23.0. The fourth-order valence-electron chi connectivity index (χ4n) is 4.01. The third-order valence-corrected chi connectivity index (χ3v) is 5.60. The number of nitrogens with one attached hydrogen (secondary N) is 2. The van der Waals surface area contributed by atoms with Gasteiger partial charge in [0.05, 0.1) is 29.8 Å². The van der Waals surface area contributed by atoms with Crippen LogP contribution in [0.5, 0.6) is 0 Å². The van der Waals surface area contributed by atoms with E-state index in [1.807, 2.05) is 26.0 Å². The minimum atomic E-state index is -4.56. The molecule has 0 aromatic carbocycles. The normalized spacial score (nSPS) is 22.3. The molecule has 168 valence electrons. The Labute approximate surface area is 182 Å². The van der Waals surface area contributed by atoms with Crippen molar-refractivity contribution in [2.45, 2.75) is 38.1 Å². The van der Waals surface area contributed by atoms with Crippen LogP contribution in [0, 0.1) is 5.41 Å². The number of anilines is 1. The van der Waals surface area contributed by atoms with E-state index < -0.39 is 11.9 Å². The Bertz CT molecular complexity index is 1170. The van der Waals surface area contributed by atoms with E-state index in [1.165, 1.54) is 23.0 Å². The molecule has 1 fully saturated rings. The maximum absolute atomic E-state index is 13.1. The average molecular weight is 444 g/mol. The highest BCUT2D eigenvalue weighted by molar-refractivity contribution is 5.78. The number of pyridine rings is 1. The van der Waals surface area contributed by atoms with E-state index in [-0.39, 0.29) is 18.1 Å². The van der Waals surface area contributed by atoms with Crippen LogP contribution < -0.4 is 16.0 Å². The summed E-state index contributed by atoms with van der Waals surface area (Å²) in [6, 6.07) is 5.28. The molecule has 3 aromatic heterocycles. The Morgan fingerprint density at radius 1 is 1.25 bits per heavy atom. The van der Waals surface area contributed by atoms with Crippen molar-refractivity contribution in [3.8, 4) is 11.4 Å². The lowest BCUT2D eigenvalue weighted by Crippen LogP contribution is -2.61. The van der Waals surface area contributed by atoms with E-state index >= 15 is 0 Å². The minimum Gasteiger partial charge on any atom is -0.404 e. The maximum Gasteiger partial charge on any atom is 0.434 e. The van der Waals surface area contributed by atoms with Crippen LogP contribution in [0.2, 0.25) is 0 Å². The molecule has 32 heavy (non-hydrogen) atoms. The van der Waals surface area contributed by atoms with E-state index in [2.05, 4.69) is 20.2 Å². The van der Waals surface area contributed by atoms with Gasteiger partial charge in [0.2, 0.25) is 0 Å². The fraction of sp³-hybridized carbons (Fsp3) is 0.333. The Balaban J connectivity index is 1.73. The number of alkyl halides is 3. The lowest BCUT2D eigenvalue weighted by atomic mass is 9.95. The predicted molar refractivity (Wildman–Crippen MR) is 115 cm³/mol. The SMILES string of the molecule is CC1CN(c2cccc(-c3cnc4cnc(C(F)(F)F)cn34)n2)C(C)C(/C(C=N)=C/N)N1. The molecule has 0 aliphatic carbocycles. The zero-order valence-corrected chi connectivity index (χ0v) is 17.5. The summed E-state index contributed by atoms with van der Waals surface area (Å²) in [4.78, 5) is 14.5. The second-order valence-electron chi connectivity index (χ2n) is 7.77. The summed E-state index contributed by atoms with van der Waals surface area (Å²) in [5.74, 6) is 0.676. The summed E-state index contributed by atoms with van der Waals surface area (Å²) in [6.45, 7) is 4.71. The van der Waals surface area contributed by atoms with Gasteiger partial charge in [-0.2, -0.15) is 13.2 Å². The molecule has 11 heteroatoms. The summed E-state index contributed by atoms with van der Waals surface area (Å²) < 4.78 is 40.8. The predicted octanol–water partition coefficient (Wildman–Crippen LogP) is 2.86. The van der Waals surface area contributed by atoms with E-state index in [0.717, 1.165) is 12.4 Å². The smallest absolute Gasteiger partial charge is 0.404 e. The van der Waals surface area contributed by atoms with Crippen molar-refractivity contribution >= 4 is 17.7 Å². The monoisotopic (exact) mass is 444 g/mol. The first-order valence-electron chi connectivity index (χ1n) is 10.1. The molecular formula is C21H23F3N8. The van der Waals surface area contributed by atoms with Gasteiger partial charge in [0.25, 0.3) is 0 Å². The van der Waals surface area contributed by atoms with Crippen molar-refractivity contribution in [1.29, 1.82) is 5.41 Å². The van der Waals surface area contributed by atoms with Crippen LogP contribution in [-0.4, -0.2) is 50.2 Å². The molecule has 1 saturated heterocycles. The van der Waals surface area contributed by atoms with Gasteiger partial charge in [-0.1, -0.05) is 6.07 Å². The van der Waals surface area contributed by atoms with Gasteiger partial charge in [0.1, 0.15) is 5.82 Å². The largest absolute Gasteiger partial charge is 0.434 e. The fourth-order valence-corrected chi connectivity index (χ4v) is 4.01. The van der Waals surface area contributed by atoms with Crippen molar-refractivity contribution in [3.05, 3.63) is 54.3 Å².